The molecule has 0 saturated heterocycles. The molecule has 0 fully saturated rings. The van der Waals surface area contributed by atoms with Crippen LogP contribution in [0.15, 0.2) is 72.8 Å². The van der Waals surface area contributed by atoms with Crippen molar-refractivity contribution in [2.24, 2.45) is 0 Å². The smallest absolute Gasteiger partial charge is 0.0954 e. The minimum atomic E-state index is -0.884. The van der Waals surface area contributed by atoms with E-state index >= 15 is 0 Å². The quantitative estimate of drug-likeness (QED) is 0.724. The first-order valence-electron chi connectivity index (χ1n) is 8.12. The maximum atomic E-state index is 11.5. The van der Waals surface area contributed by atoms with E-state index in [1.807, 2.05) is 43.4 Å². The van der Waals surface area contributed by atoms with Gasteiger partial charge in [0.25, 0.3) is 0 Å². The summed E-state index contributed by atoms with van der Waals surface area (Å²) in [5, 5.41) is 17.0. The number of hydrogen-bond donors (Lipinski definition) is 2. The maximum Gasteiger partial charge on any atom is 0.0954 e. The highest BCUT2D eigenvalue weighted by atomic mass is 16.3. The van der Waals surface area contributed by atoms with Crippen molar-refractivity contribution in [3.63, 3.8) is 0 Å². The van der Waals surface area contributed by atoms with Gasteiger partial charge in [0.2, 0.25) is 0 Å². The van der Waals surface area contributed by atoms with Crippen LogP contribution in [0.5, 0.6) is 0 Å². The molecule has 0 spiro atoms. The Hall–Kier alpha value is -2.16. The van der Waals surface area contributed by atoms with Gasteiger partial charge in [0, 0.05) is 6.42 Å². The zero-order valence-corrected chi connectivity index (χ0v) is 13.5. The Morgan fingerprint density at radius 1 is 0.870 bits per heavy atom. The second-order valence-corrected chi connectivity index (χ2v) is 6.07. The molecule has 3 rings (SSSR count). The third kappa shape index (κ3) is 3.44. The molecule has 2 heteroatoms. The van der Waals surface area contributed by atoms with Crippen molar-refractivity contribution in [2.45, 2.75) is 18.4 Å². The maximum absolute atomic E-state index is 11.5. The van der Waals surface area contributed by atoms with Crippen LogP contribution in [0.4, 0.5) is 0 Å². The average Bonchev–Trinajstić information content (AvgIpc) is 2.60. The largest absolute Gasteiger partial charge is 0.385 e. The lowest BCUT2D eigenvalue weighted by Gasteiger charge is -2.30. The molecule has 0 saturated carbocycles. The van der Waals surface area contributed by atoms with Crippen LogP contribution >= 0.6 is 0 Å². The van der Waals surface area contributed by atoms with E-state index < -0.39 is 5.60 Å². The van der Waals surface area contributed by atoms with E-state index in [2.05, 4.69) is 41.7 Å². The van der Waals surface area contributed by atoms with Crippen LogP contribution in [-0.2, 0) is 12.0 Å². The van der Waals surface area contributed by atoms with Gasteiger partial charge in [-0.3, -0.25) is 0 Å². The molecule has 0 amide bonds. The lowest BCUT2D eigenvalue weighted by Crippen LogP contribution is -2.32. The van der Waals surface area contributed by atoms with E-state index in [1.54, 1.807) is 0 Å². The summed E-state index contributed by atoms with van der Waals surface area (Å²) < 4.78 is 0. The van der Waals surface area contributed by atoms with Crippen molar-refractivity contribution in [1.29, 1.82) is 0 Å². The number of hydrogen-bond acceptors (Lipinski definition) is 2. The first-order valence-corrected chi connectivity index (χ1v) is 8.12. The molecule has 0 aliphatic rings. The average molecular weight is 305 g/mol. The molecule has 2 N–H and O–H groups in total. The highest BCUT2D eigenvalue weighted by Crippen LogP contribution is 2.34. The molecular formula is C21H23NO. The summed E-state index contributed by atoms with van der Waals surface area (Å²) in [5.74, 6) is 0. The van der Waals surface area contributed by atoms with Crippen LogP contribution in [0.3, 0.4) is 0 Å². The van der Waals surface area contributed by atoms with Gasteiger partial charge in [-0.2, -0.15) is 0 Å². The molecule has 3 aromatic rings. The fraction of sp³-hybridized carbons (Fsp3) is 0.238. The summed E-state index contributed by atoms with van der Waals surface area (Å²) in [4.78, 5) is 0. The zero-order valence-electron chi connectivity index (χ0n) is 13.5. The van der Waals surface area contributed by atoms with Gasteiger partial charge in [0.1, 0.15) is 0 Å². The van der Waals surface area contributed by atoms with E-state index in [9.17, 15) is 5.11 Å². The highest BCUT2D eigenvalue weighted by Gasteiger charge is 2.30. The number of benzene rings is 3. The molecule has 0 aromatic heterocycles. The fourth-order valence-electron chi connectivity index (χ4n) is 3.21. The topological polar surface area (TPSA) is 32.3 Å². The van der Waals surface area contributed by atoms with Crippen LogP contribution in [0.2, 0.25) is 0 Å². The lowest BCUT2D eigenvalue weighted by molar-refractivity contribution is 0.0299. The Kier molecular flexibility index (Phi) is 4.75. The summed E-state index contributed by atoms with van der Waals surface area (Å²) in [7, 11) is 1.92. The van der Waals surface area contributed by atoms with Crippen LogP contribution in [0, 0.1) is 0 Å². The van der Waals surface area contributed by atoms with Crippen LogP contribution in [0.25, 0.3) is 10.8 Å². The van der Waals surface area contributed by atoms with Gasteiger partial charge < -0.3 is 10.4 Å². The first kappa shape index (κ1) is 15.7. The molecule has 0 aliphatic heterocycles. The van der Waals surface area contributed by atoms with E-state index in [-0.39, 0.29) is 0 Å². The monoisotopic (exact) mass is 305 g/mol. The Bertz CT molecular complexity index is 764. The minimum Gasteiger partial charge on any atom is -0.385 e. The molecule has 1 atom stereocenters. The summed E-state index contributed by atoms with van der Waals surface area (Å²) in [6.45, 7) is 0.770. The van der Waals surface area contributed by atoms with Gasteiger partial charge in [0.05, 0.1) is 5.60 Å². The van der Waals surface area contributed by atoms with Crippen LogP contribution in [-0.4, -0.2) is 18.7 Å². The van der Waals surface area contributed by atoms with Crippen molar-refractivity contribution < 1.29 is 5.11 Å². The molecule has 3 aromatic carbocycles. The van der Waals surface area contributed by atoms with Crippen molar-refractivity contribution in [3.8, 4) is 0 Å². The van der Waals surface area contributed by atoms with Gasteiger partial charge in [-0.25, -0.2) is 0 Å². The van der Waals surface area contributed by atoms with Crippen molar-refractivity contribution in [3.05, 3.63) is 83.9 Å². The van der Waals surface area contributed by atoms with Crippen molar-refractivity contribution in [1.82, 2.24) is 5.32 Å². The Morgan fingerprint density at radius 2 is 1.57 bits per heavy atom. The predicted molar refractivity (Wildman–Crippen MR) is 96.5 cm³/mol. The molecule has 1 unspecified atom stereocenters. The Balaban J connectivity index is 2.06. The van der Waals surface area contributed by atoms with Crippen LogP contribution < -0.4 is 5.32 Å². The first-order chi connectivity index (χ1) is 11.2. The Labute approximate surface area is 137 Å². The normalized spacial score (nSPS) is 13.8. The minimum absolute atomic E-state index is 0.615. The standard InChI is InChI=1S/C21H23NO/c1-22-15-14-21(23,16-17-8-3-2-4-9-17)20-13-7-11-18-10-5-6-12-19(18)20/h2-13,22-23H,14-16H2,1H3. The summed E-state index contributed by atoms with van der Waals surface area (Å²) in [5.41, 5.74) is 1.28. The van der Waals surface area contributed by atoms with Gasteiger partial charge in [0.15, 0.2) is 0 Å². The highest BCUT2D eigenvalue weighted by molar-refractivity contribution is 5.86. The molecule has 2 nitrogen and oxygen atoms in total. The molecular weight excluding hydrogens is 282 g/mol. The summed E-state index contributed by atoms with van der Waals surface area (Å²) in [6.07, 6.45) is 1.29. The second-order valence-electron chi connectivity index (χ2n) is 6.07. The van der Waals surface area contributed by atoms with Crippen molar-refractivity contribution in [2.75, 3.05) is 13.6 Å². The lowest BCUT2D eigenvalue weighted by atomic mass is 9.82. The number of rotatable bonds is 6. The van der Waals surface area contributed by atoms with Gasteiger partial charge in [-0.05, 0) is 41.9 Å². The van der Waals surface area contributed by atoms with Crippen molar-refractivity contribution >= 4 is 10.8 Å². The number of aliphatic hydroxyl groups is 1. The van der Waals surface area contributed by atoms with E-state index in [4.69, 9.17) is 0 Å². The van der Waals surface area contributed by atoms with E-state index in [0.29, 0.717) is 12.8 Å². The van der Waals surface area contributed by atoms with E-state index in [0.717, 1.165) is 23.1 Å². The number of fused-ring (bicyclic) bond motifs is 1. The fourth-order valence-corrected chi connectivity index (χ4v) is 3.21. The van der Waals surface area contributed by atoms with Crippen LogP contribution in [0.1, 0.15) is 17.5 Å². The molecule has 0 heterocycles. The predicted octanol–water partition coefficient (Wildman–Crippen LogP) is 3.88. The third-order valence-electron chi connectivity index (χ3n) is 4.42. The molecule has 0 radical (unpaired) electrons. The van der Waals surface area contributed by atoms with Gasteiger partial charge in [-0.15, -0.1) is 0 Å². The third-order valence-corrected chi connectivity index (χ3v) is 4.42. The van der Waals surface area contributed by atoms with Gasteiger partial charge >= 0.3 is 0 Å². The molecule has 118 valence electrons. The Morgan fingerprint density at radius 3 is 2.35 bits per heavy atom. The number of nitrogens with one attached hydrogen (secondary N) is 1. The SMILES string of the molecule is CNCCC(O)(Cc1ccccc1)c1cccc2ccccc12. The summed E-state index contributed by atoms with van der Waals surface area (Å²) in [6, 6.07) is 24.7. The molecule has 0 bridgehead atoms. The zero-order chi connectivity index (χ0) is 16.1. The van der Waals surface area contributed by atoms with Gasteiger partial charge in [-0.1, -0.05) is 72.8 Å². The molecule has 0 aliphatic carbocycles. The summed E-state index contributed by atoms with van der Waals surface area (Å²) >= 11 is 0. The van der Waals surface area contributed by atoms with E-state index in [1.165, 1.54) is 5.39 Å². The molecule has 23 heavy (non-hydrogen) atoms. The second kappa shape index (κ2) is 6.95.